The molecule has 1 N–H and O–H groups in total. The van der Waals surface area contributed by atoms with Gasteiger partial charge in [0.15, 0.2) is 6.29 Å². The number of hydrogen-bond donors (Lipinski definition) is 1. The van der Waals surface area contributed by atoms with Gasteiger partial charge < -0.3 is 4.72 Å². The summed E-state index contributed by atoms with van der Waals surface area (Å²) in [5.74, 6) is 3.81. The number of anilines is 1. The minimum Gasteiger partial charge on any atom is -0.336 e. The molecule has 0 heterocycles. The maximum Gasteiger partial charge on any atom is 0.151 e. The van der Waals surface area contributed by atoms with Gasteiger partial charge in [0.05, 0.1) is 5.02 Å². The summed E-state index contributed by atoms with van der Waals surface area (Å²) in [6, 6.07) is 5.22. The van der Waals surface area contributed by atoms with Crippen LogP contribution in [0.5, 0.6) is 0 Å². The molecule has 1 unspecified atom stereocenters. The maximum atomic E-state index is 10.4. The fourth-order valence-electron chi connectivity index (χ4n) is 0.887. The first-order valence-electron chi connectivity index (χ1n) is 3.60. The molecule has 0 spiro atoms. The monoisotopic (exact) mass is 215 g/mol. The van der Waals surface area contributed by atoms with E-state index in [1.54, 1.807) is 12.1 Å². The molecule has 0 fully saturated rings. The highest BCUT2D eigenvalue weighted by molar-refractivity contribution is 8.14. The van der Waals surface area contributed by atoms with E-state index in [4.69, 9.17) is 11.6 Å². The van der Waals surface area contributed by atoms with Crippen LogP contribution in [0.2, 0.25) is 5.02 Å². The summed E-state index contributed by atoms with van der Waals surface area (Å²) in [6.07, 6.45) is 2.70. The van der Waals surface area contributed by atoms with Crippen molar-refractivity contribution in [3.05, 3.63) is 28.8 Å². The Bertz CT molecular complexity index is 351. The van der Waals surface area contributed by atoms with Crippen molar-refractivity contribution in [3.8, 4) is 0 Å². The van der Waals surface area contributed by atoms with Crippen molar-refractivity contribution in [3.63, 3.8) is 0 Å². The molecule has 0 aliphatic rings. The summed E-state index contributed by atoms with van der Waals surface area (Å²) in [6.45, 7) is 0. The van der Waals surface area contributed by atoms with E-state index in [0.717, 1.165) is 12.0 Å². The summed E-state index contributed by atoms with van der Waals surface area (Å²) in [5.41, 5.74) is 1.39. The van der Waals surface area contributed by atoms with Crippen molar-refractivity contribution in [2.45, 2.75) is 0 Å². The second kappa shape index (κ2) is 4.44. The zero-order chi connectivity index (χ0) is 9.84. The number of halogens is 1. The number of carbonyl (C=O) groups excluding carboxylic acids is 1. The molecule has 1 atom stereocenters. The van der Waals surface area contributed by atoms with Crippen LogP contribution in [0.1, 0.15) is 10.4 Å². The average Bonchev–Trinajstić information content (AvgIpc) is 2.03. The van der Waals surface area contributed by atoms with E-state index in [1.807, 2.05) is 12.3 Å². The smallest absolute Gasteiger partial charge is 0.151 e. The first-order valence-corrected chi connectivity index (χ1v) is 5.78. The van der Waals surface area contributed by atoms with Crippen LogP contribution in [0.25, 0.3) is 0 Å². The van der Waals surface area contributed by atoms with Crippen molar-refractivity contribution in [1.29, 1.82) is 0 Å². The molecule has 1 aromatic carbocycles. The second-order valence-corrected chi connectivity index (χ2v) is 4.48. The standard InChI is InChI=1S/C9H10ClNOS/c1-13(2)11-8-4-3-7(6-12)9(10)5-8/h3-6,11H,1H2,2H3. The average molecular weight is 216 g/mol. The summed E-state index contributed by atoms with van der Waals surface area (Å²) in [5, 5.41) is 0.463. The number of benzene rings is 1. The maximum absolute atomic E-state index is 10.4. The number of hydrogen-bond acceptors (Lipinski definition) is 2. The Morgan fingerprint density at radius 1 is 1.62 bits per heavy atom. The van der Waals surface area contributed by atoms with E-state index in [9.17, 15) is 4.79 Å². The van der Waals surface area contributed by atoms with Crippen molar-refractivity contribution >= 4 is 40.1 Å². The highest BCUT2D eigenvalue weighted by Gasteiger charge is 1.99. The van der Waals surface area contributed by atoms with Crippen LogP contribution in [-0.2, 0) is 0 Å². The van der Waals surface area contributed by atoms with Crippen LogP contribution in [0.3, 0.4) is 0 Å². The SMILES string of the molecule is C=S(C)Nc1ccc(C=O)c(Cl)c1. The Hall–Kier alpha value is -0.800. The largest absolute Gasteiger partial charge is 0.336 e. The van der Waals surface area contributed by atoms with Gasteiger partial charge in [-0.05, 0) is 24.5 Å². The normalized spacial score (nSPS) is 12.2. The van der Waals surface area contributed by atoms with Gasteiger partial charge in [0, 0.05) is 11.3 Å². The zero-order valence-corrected chi connectivity index (χ0v) is 8.78. The number of nitrogens with one attached hydrogen (secondary N) is 1. The first-order chi connectivity index (χ1) is 6.13. The van der Waals surface area contributed by atoms with E-state index in [0.29, 0.717) is 10.6 Å². The van der Waals surface area contributed by atoms with Gasteiger partial charge in [0.2, 0.25) is 0 Å². The summed E-state index contributed by atoms with van der Waals surface area (Å²) in [4.78, 5) is 10.4. The first kappa shape index (κ1) is 10.3. The van der Waals surface area contributed by atoms with Gasteiger partial charge in [-0.15, -0.1) is 10.7 Å². The molecule has 1 rings (SSSR count). The summed E-state index contributed by atoms with van der Waals surface area (Å²) < 4.78 is 3.11. The third kappa shape index (κ3) is 2.86. The lowest BCUT2D eigenvalue weighted by molar-refractivity contribution is 0.112. The minimum absolute atomic E-state index is 0.130. The topological polar surface area (TPSA) is 29.1 Å². The molecule has 0 amide bonds. The lowest BCUT2D eigenvalue weighted by atomic mass is 10.2. The number of aldehydes is 1. The molecule has 4 heteroatoms. The molecule has 0 aliphatic carbocycles. The minimum atomic E-state index is -0.130. The lowest BCUT2D eigenvalue weighted by Crippen LogP contribution is -1.89. The molecule has 2 nitrogen and oxygen atoms in total. The molecule has 0 saturated heterocycles. The van der Waals surface area contributed by atoms with Gasteiger partial charge in [-0.3, -0.25) is 4.79 Å². The highest BCUT2D eigenvalue weighted by atomic mass is 35.5. The summed E-state index contributed by atoms with van der Waals surface area (Å²) in [7, 11) is -0.130. The predicted molar refractivity (Wildman–Crippen MR) is 61.1 cm³/mol. The van der Waals surface area contributed by atoms with Crippen molar-refractivity contribution in [2.24, 2.45) is 0 Å². The Labute approximate surface area is 85.0 Å². The Kier molecular flexibility index (Phi) is 3.51. The summed E-state index contributed by atoms with van der Waals surface area (Å²) >= 11 is 5.82. The van der Waals surface area contributed by atoms with Crippen molar-refractivity contribution in [2.75, 3.05) is 11.0 Å². The third-order valence-electron chi connectivity index (χ3n) is 1.42. The molecule has 0 aliphatic heterocycles. The molecular weight excluding hydrogens is 206 g/mol. The molecular formula is C9H10ClNOS. The highest BCUT2D eigenvalue weighted by Crippen LogP contribution is 2.21. The molecule has 0 aromatic heterocycles. The van der Waals surface area contributed by atoms with Gasteiger partial charge in [-0.1, -0.05) is 17.5 Å². The molecule has 0 radical (unpaired) electrons. The third-order valence-corrected chi connectivity index (χ3v) is 2.33. The Morgan fingerprint density at radius 3 is 2.77 bits per heavy atom. The van der Waals surface area contributed by atoms with Crippen LogP contribution in [-0.4, -0.2) is 18.4 Å². The molecule has 0 bridgehead atoms. The van der Waals surface area contributed by atoms with Crippen molar-refractivity contribution in [1.82, 2.24) is 0 Å². The number of rotatable bonds is 3. The second-order valence-electron chi connectivity index (χ2n) is 2.59. The molecule has 70 valence electrons. The molecule has 0 saturated carbocycles. The van der Waals surface area contributed by atoms with E-state index in [2.05, 4.69) is 10.6 Å². The lowest BCUT2D eigenvalue weighted by Gasteiger charge is -2.06. The van der Waals surface area contributed by atoms with E-state index in [-0.39, 0.29) is 10.7 Å². The number of carbonyl (C=O) groups is 1. The van der Waals surface area contributed by atoms with Crippen LogP contribution in [0.15, 0.2) is 18.2 Å². The molecule has 13 heavy (non-hydrogen) atoms. The fourth-order valence-corrected chi connectivity index (χ4v) is 1.64. The zero-order valence-electron chi connectivity index (χ0n) is 7.21. The predicted octanol–water partition coefficient (Wildman–Crippen LogP) is 2.81. The quantitative estimate of drug-likeness (QED) is 0.621. The van der Waals surface area contributed by atoms with Crippen LogP contribution < -0.4 is 4.72 Å². The van der Waals surface area contributed by atoms with Gasteiger partial charge >= 0.3 is 0 Å². The van der Waals surface area contributed by atoms with Gasteiger partial charge in [-0.25, -0.2) is 0 Å². The van der Waals surface area contributed by atoms with Gasteiger partial charge in [-0.2, -0.15) is 0 Å². The van der Waals surface area contributed by atoms with Crippen molar-refractivity contribution < 1.29 is 4.79 Å². The van der Waals surface area contributed by atoms with Gasteiger partial charge in [0.1, 0.15) is 0 Å². The Balaban J connectivity index is 2.95. The van der Waals surface area contributed by atoms with E-state index >= 15 is 0 Å². The van der Waals surface area contributed by atoms with Crippen LogP contribution in [0.4, 0.5) is 5.69 Å². The Morgan fingerprint density at radius 2 is 2.31 bits per heavy atom. The van der Waals surface area contributed by atoms with Crippen LogP contribution >= 0.6 is 22.3 Å². The molecule has 1 aromatic rings. The van der Waals surface area contributed by atoms with E-state index in [1.165, 1.54) is 0 Å². The van der Waals surface area contributed by atoms with Crippen LogP contribution in [0, 0.1) is 0 Å². The van der Waals surface area contributed by atoms with E-state index < -0.39 is 0 Å². The van der Waals surface area contributed by atoms with Gasteiger partial charge in [0.25, 0.3) is 0 Å². The fraction of sp³-hybridized carbons (Fsp3) is 0.111.